The Kier molecular flexibility index (Phi) is 5.22. The summed E-state index contributed by atoms with van der Waals surface area (Å²) in [5, 5.41) is 14.5. The molecule has 0 spiro atoms. The fraction of sp³-hybridized carbons (Fsp3) is 0. The number of hydrogen-bond acceptors (Lipinski definition) is 6. The van der Waals surface area contributed by atoms with E-state index in [4.69, 9.17) is 10.6 Å². The summed E-state index contributed by atoms with van der Waals surface area (Å²) in [6.07, 6.45) is 0. The van der Waals surface area contributed by atoms with Crippen molar-refractivity contribution >= 4 is 17.4 Å². The van der Waals surface area contributed by atoms with Crippen LogP contribution in [0.5, 0.6) is 5.75 Å². The lowest BCUT2D eigenvalue weighted by molar-refractivity contribution is -0.384. The highest BCUT2D eigenvalue weighted by Gasteiger charge is 2.12. The molecule has 3 rings (SSSR count). The van der Waals surface area contributed by atoms with Crippen LogP contribution >= 0.6 is 0 Å². The molecule has 0 radical (unpaired) electrons. The fourth-order valence-electron chi connectivity index (χ4n) is 2.48. The number of benzene rings is 3. The standard InChI is InChI=1S/C20H15N3O4/c21-22-19(14-6-10-17(11-7-14)23(25)26)15-8-12-18(13-9-15)27-20(24)16-4-2-1-3-5-16/h1-13H,21H2/b22-19-. The molecule has 0 aliphatic rings. The van der Waals surface area contributed by atoms with Gasteiger partial charge in [-0.15, -0.1) is 0 Å². The van der Waals surface area contributed by atoms with Crippen molar-refractivity contribution in [2.24, 2.45) is 10.9 Å². The van der Waals surface area contributed by atoms with Crippen molar-refractivity contribution in [1.82, 2.24) is 0 Å². The van der Waals surface area contributed by atoms with E-state index in [0.717, 1.165) is 0 Å². The molecule has 134 valence electrons. The molecular weight excluding hydrogens is 346 g/mol. The number of nitro benzene ring substituents is 1. The summed E-state index contributed by atoms with van der Waals surface area (Å²) in [4.78, 5) is 22.4. The SMILES string of the molecule is N/N=C(\c1ccc(OC(=O)c2ccccc2)cc1)c1ccc([N+](=O)[O-])cc1. The summed E-state index contributed by atoms with van der Waals surface area (Å²) in [7, 11) is 0. The highest BCUT2D eigenvalue weighted by Crippen LogP contribution is 2.19. The van der Waals surface area contributed by atoms with Crippen LogP contribution < -0.4 is 10.6 Å². The third-order valence-corrected chi connectivity index (χ3v) is 3.83. The Hall–Kier alpha value is -4.00. The van der Waals surface area contributed by atoms with Crippen LogP contribution in [0.4, 0.5) is 5.69 Å². The average Bonchev–Trinajstić information content (AvgIpc) is 2.71. The molecule has 0 aliphatic carbocycles. The zero-order valence-corrected chi connectivity index (χ0v) is 14.1. The van der Waals surface area contributed by atoms with Gasteiger partial charge in [-0.25, -0.2) is 4.79 Å². The second kappa shape index (κ2) is 7.92. The predicted octanol–water partition coefficient (Wildman–Crippen LogP) is 3.53. The summed E-state index contributed by atoms with van der Waals surface area (Å²) in [5.41, 5.74) is 2.23. The lowest BCUT2D eigenvalue weighted by Gasteiger charge is -2.08. The number of carbonyl (C=O) groups excluding carboxylic acids is 1. The van der Waals surface area contributed by atoms with E-state index in [0.29, 0.717) is 28.2 Å². The molecule has 0 aromatic heterocycles. The highest BCUT2D eigenvalue weighted by atomic mass is 16.6. The smallest absolute Gasteiger partial charge is 0.343 e. The number of hydrazone groups is 1. The molecule has 7 heteroatoms. The predicted molar refractivity (Wildman–Crippen MR) is 101 cm³/mol. The largest absolute Gasteiger partial charge is 0.423 e. The molecule has 0 aliphatic heterocycles. The molecule has 0 heterocycles. The van der Waals surface area contributed by atoms with Crippen LogP contribution in [0, 0.1) is 10.1 Å². The molecule has 0 saturated heterocycles. The van der Waals surface area contributed by atoms with E-state index < -0.39 is 10.9 Å². The molecule has 0 amide bonds. The van der Waals surface area contributed by atoms with Gasteiger partial charge in [0.1, 0.15) is 5.75 Å². The van der Waals surface area contributed by atoms with Crippen molar-refractivity contribution in [1.29, 1.82) is 0 Å². The lowest BCUT2D eigenvalue weighted by atomic mass is 10.0. The van der Waals surface area contributed by atoms with E-state index in [9.17, 15) is 14.9 Å². The average molecular weight is 361 g/mol. The Morgan fingerprint density at radius 2 is 1.41 bits per heavy atom. The number of nitrogens with two attached hydrogens (primary N) is 1. The molecule has 0 bridgehead atoms. The number of nitrogens with zero attached hydrogens (tertiary/aromatic N) is 2. The summed E-state index contributed by atoms with van der Waals surface area (Å²) in [6, 6.07) is 21.3. The second-order valence-electron chi connectivity index (χ2n) is 5.56. The Bertz CT molecular complexity index is 982. The zero-order chi connectivity index (χ0) is 19.2. The van der Waals surface area contributed by atoms with Gasteiger partial charge in [-0.1, -0.05) is 18.2 Å². The van der Waals surface area contributed by atoms with Gasteiger partial charge in [-0.2, -0.15) is 5.10 Å². The van der Waals surface area contributed by atoms with Crippen LogP contribution in [0.25, 0.3) is 0 Å². The minimum absolute atomic E-state index is 0.0155. The molecule has 7 nitrogen and oxygen atoms in total. The van der Waals surface area contributed by atoms with E-state index in [2.05, 4.69) is 5.10 Å². The van der Waals surface area contributed by atoms with Crippen molar-refractivity contribution in [3.8, 4) is 5.75 Å². The summed E-state index contributed by atoms with van der Waals surface area (Å²) in [5.74, 6) is 5.43. The zero-order valence-electron chi connectivity index (χ0n) is 14.1. The summed E-state index contributed by atoms with van der Waals surface area (Å²) in [6.45, 7) is 0. The first-order valence-electron chi connectivity index (χ1n) is 7.99. The normalized spacial score (nSPS) is 11.0. The number of nitro groups is 1. The first-order valence-corrected chi connectivity index (χ1v) is 7.99. The van der Waals surface area contributed by atoms with Gasteiger partial charge in [0.25, 0.3) is 5.69 Å². The van der Waals surface area contributed by atoms with Gasteiger partial charge in [-0.3, -0.25) is 10.1 Å². The van der Waals surface area contributed by atoms with E-state index in [1.165, 1.54) is 12.1 Å². The minimum Gasteiger partial charge on any atom is -0.423 e. The van der Waals surface area contributed by atoms with Crippen LogP contribution in [-0.4, -0.2) is 16.6 Å². The molecule has 0 unspecified atom stereocenters. The molecule has 3 aromatic rings. The van der Waals surface area contributed by atoms with Crippen molar-refractivity contribution in [3.05, 3.63) is 106 Å². The lowest BCUT2D eigenvalue weighted by Crippen LogP contribution is -2.09. The van der Waals surface area contributed by atoms with Gasteiger partial charge in [-0.05, 0) is 48.5 Å². The second-order valence-corrected chi connectivity index (χ2v) is 5.56. The van der Waals surface area contributed by atoms with E-state index >= 15 is 0 Å². The van der Waals surface area contributed by atoms with Gasteiger partial charge in [0, 0.05) is 23.3 Å². The van der Waals surface area contributed by atoms with Crippen LogP contribution in [0.1, 0.15) is 21.5 Å². The molecular formula is C20H15N3O4. The molecule has 0 saturated carbocycles. The third kappa shape index (κ3) is 4.16. The Morgan fingerprint density at radius 1 is 0.852 bits per heavy atom. The number of esters is 1. The molecule has 0 atom stereocenters. The minimum atomic E-state index is -0.473. The number of ether oxygens (including phenoxy) is 1. The van der Waals surface area contributed by atoms with Crippen LogP contribution in [-0.2, 0) is 0 Å². The topological polar surface area (TPSA) is 108 Å². The monoisotopic (exact) mass is 361 g/mol. The molecule has 3 aromatic carbocycles. The van der Waals surface area contributed by atoms with Crippen LogP contribution in [0.3, 0.4) is 0 Å². The molecule has 0 fully saturated rings. The summed E-state index contributed by atoms with van der Waals surface area (Å²) < 4.78 is 5.33. The van der Waals surface area contributed by atoms with Gasteiger partial charge in [0.2, 0.25) is 0 Å². The van der Waals surface area contributed by atoms with Crippen LogP contribution in [0.15, 0.2) is 84.0 Å². The van der Waals surface area contributed by atoms with Gasteiger partial charge < -0.3 is 10.6 Å². The first-order chi connectivity index (χ1) is 13.1. The maximum absolute atomic E-state index is 12.1. The highest BCUT2D eigenvalue weighted by molar-refractivity contribution is 6.12. The van der Waals surface area contributed by atoms with E-state index in [1.807, 2.05) is 6.07 Å². The Labute approximate surface area is 154 Å². The Balaban J connectivity index is 1.77. The maximum atomic E-state index is 12.1. The van der Waals surface area contributed by atoms with Gasteiger partial charge in [0.15, 0.2) is 0 Å². The summed E-state index contributed by atoms with van der Waals surface area (Å²) >= 11 is 0. The maximum Gasteiger partial charge on any atom is 0.343 e. The van der Waals surface area contributed by atoms with Crippen molar-refractivity contribution in [2.75, 3.05) is 0 Å². The van der Waals surface area contributed by atoms with Crippen molar-refractivity contribution in [3.63, 3.8) is 0 Å². The number of non-ortho nitro benzene ring substituents is 1. The van der Waals surface area contributed by atoms with E-state index in [1.54, 1.807) is 60.7 Å². The number of rotatable bonds is 5. The number of carbonyl (C=O) groups is 1. The quantitative estimate of drug-likeness (QED) is 0.187. The molecule has 2 N–H and O–H groups in total. The van der Waals surface area contributed by atoms with Gasteiger partial charge >= 0.3 is 5.97 Å². The third-order valence-electron chi connectivity index (χ3n) is 3.83. The molecule has 27 heavy (non-hydrogen) atoms. The first kappa shape index (κ1) is 17.8. The fourth-order valence-corrected chi connectivity index (χ4v) is 2.48. The number of hydrogen-bond donors (Lipinski definition) is 1. The van der Waals surface area contributed by atoms with Crippen molar-refractivity contribution < 1.29 is 14.5 Å². The van der Waals surface area contributed by atoms with E-state index in [-0.39, 0.29) is 5.69 Å². The van der Waals surface area contributed by atoms with Crippen LogP contribution in [0.2, 0.25) is 0 Å². The van der Waals surface area contributed by atoms with Gasteiger partial charge in [0.05, 0.1) is 16.2 Å². The van der Waals surface area contributed by atoms with Crippen molar-refractivity contribution in [2.45, 2.75) is 0 Å². The Morgan fingerprint density at radius 3 is 1.93 bits per heavy atom.